The van der Waals surface area contributed by atoms with Gasteiger partial charge in [-0.25, -0.2) is 0 Å². The summed E-state index contributed by atoms with van der Waals surface area (Å²) in [5.41, 5.74) is 2.99. The van der Waals surface area contributed by atoms with Gasteiger partial charge in [0.25, 0.3) is 5.91 Å². The van der Waals surface area contributed by atoms with E-state index in [2.05, 4.69) is 23.1 Å². The highest BCUT2D eigenvalue weighted by Crippen LogP contribution is 2.21. The first-order valence-corrected chi connectivity index (χ1v) is 9.36. The van der Waals surface area contributed by atoms with Gasteiger partial charge in [0.15, 0.2) is 0 Å². The average molecular weight is 343 g/mol. The second-order valence-corrected chi connectivity index (χ2v) is 7.08. The van der Waals surface area contributed by atoms with Crippen molar-refractivity contribution in [2.75, 3.05) is 33.4 Å². The largest absolute Gasteiger partial charge is 0.333 e. The molecule has 0 radical (unpaired) electrons. The first-order chi connectivity index (χ1) is 11.5. The number of carbonyl (C=O) groups excluding carboxylic acids is 1. The van der Waals surface area contributed by atoms with Gasteiger partial charge < -0.3 is 9.80 Å². The van der Waals surface area contributed by atoms with E-state index >= 15 is 0 Å². The van der Waals surface area contributed by atoms with Crippen molar-refractivity contribution in [2.45, 2.75) is 18.4 Å². The van der Waals surface area contributed by atoms with Crippen molar-refractivity contribution in [3.8, 4) is 0 Å². The molecule has 4 heteroatoms. The molecule has 0 N–H and O–H groups in total. The van der Waals surface area contributed by atoms with Gasteiger partial charge in [-0.15, -0.1) is 11.8 Å². The summed E-state index contributed by atoms with van der Waals surface area (Å²) in [6, 6.07) is 16.3. The van der Waals surface area contributed by atoms with Crippen LogP contribution in [0.15, 0.2) is 53.4 Å². The Kier molecular flexibility index (Phi) is 6.88. The summed E-state index contributed by atoms with van der Waals surface area (Å²) in [7, 11) is 4.07. The van der Waals surface area contributed by atoms with Gasteiger partial charge in [0, 0.05) is 30.1 Å². The van der Waals surface area contributed by atoms with Crippen molar-refractivity contribution in [1.29, 1.82) is 0 Å². The molecule has 0 bridgehead atoms. The molecule has 24 heavy (non-hydrogen) atoms. The molecular weight excluding hydrogens is 316 g/mol. The molecule has 0 atom stereocenters. The van der Waals surface area contributed by atoms with Gasteiger partial charge >= 0.3 is 0 Å². The molecule has 0 fully saturated rings. The summed E-state index contributed by atoms with van der Waals surface area (Å²) < 4.78 is 0. The quantitative estimate of drug-likeness (QED) is 0.713. The average Bonchev–Trinajstić information content (AvgIpc) is 2.59. The van der Waals surface area contributed by atoms with E-state index in [1.807, 2.05) is 62.5 Å². The highest BCUT2D eigenvalue weighted by atomic mass is 32.2. The third kappa shape index (κ3) is 5.11. The van der Waals surface area contributed by atoms with E-state index in [1.54, 1.807) is 11.8 Å². The van der Waals surface area contributed by atoms with Crippen molar-refractivity contribution in [1.82, 2.24) is 9.80 Å². The summed E-state index contributed by atoms with van der Waals surface area (Å²) in [5.74, 6) is 0.106. The molecule has 0 aromatic heterocycles. The van der Waals surface area contributed by atoms with Crippen molar-refractivity contribution >= 4 is 17.7 Å². The minimum Gasteiger partial charge on any atom is -0.333 e. The lowest BCUT2D eigenvalue weighted by atomic mass is 10.1. The number of hydrogen-bond donors (Lipinski definition) is 0. The minimum atomic E-state index is 0.106. The number of amides is 1. The number of likely N-dealkylation sites (N-methyl/N-ethyl adjacent to an activating group) is 1. The Labute approximate surface area is 149 Å². The monoisotopic (exact) mass is 342 g/mol. The second-order valence-electron chi connectivity index (χ2n) is 6.20. The van der Waals surface area contributed by atoms with Crippen LogP contribution < -0.4 is 0 Å². The lowest BCUT2D eigenvalue weighted by Gasteiger charge is -2.25. The molecule has 128 valence electrons. The van der Waals surface area contributed by atoms with Gasteiger partial charge in [-0.3, -0.25) is 4.79 Å². The number of nitrogens with zero attached hydrogens (tertiary/aromatic N) is 2. The number of hydrogen-bond acceptors (Lipinski definition) is 3. The maximum Gasteiger partial charge on any atom is 0.254 e. The van der Waals surface area contributed by atoms with Gasteiger partial charge in [0.1, 0.15) is 0 Å². The fourth-order valence-corrected chi connectivity index (χ4v) is 2.95. The fraction of sp³-hybridized carbons (Fsp3) is 0.350. The molecule has 0 aliphatic rings. The standard InChI is InChI=1S/C20H26N2OS/c1-16-10-11-18(24-4)14-19(16)20(23)22(13-12-21(2)3)15-17-8-6-5-7-9-17/h5-11,14H,12-13,15H2,1-4H3. The Morgan fingerprint density at radius 3 is 2.38 bits per heavy atom. The van der Waals surface area contributed by atoms with Crippen LogP contribution >= 0.6 is 11.8 Å². The lowest BCUT2D eigenvalue weighted by molar-refractivity contribution is 0.0731. The first kappa shape index (κ1) is 18.6. The van der Waals surface area contributed by atoms with E-state index < -0.39 is 0 Å². The third-order valence-electron chi connectivity index (χ3n) is 4.00. The molecule has 0 saturated heterocycles. The number of aryl methyl sites for hydroxylation is 1. The number of thioether (sulfide) groups is 1. The molecular formula is C20H26N2OS. The van der Waals surface area contributed by atoms with E-state index in [-0.39, 0.29) is 5.91 Å². The Balaban J connectivity index is 2.26. The van der Waals surface area contributed by atoms with Gasteiger partial charge in [0.05, 0.1) is 0 Å². The van der Waals surface area contributed by atoms with Crippen molar-refractivity contribution in [3.05, 3.63) is 65.2 Å². The van der Waals surface area contributed by atoms with Crippen LogP contribution in [0.1, 0.15) is 21.5 Å². The van der Waals surface area contributed by atoms with Gasteiger partial charge in [-0.1, -0.05) is 36.4 Å². The van der Waals surface area contributed by atoms with Crippen molar-refractivity contribution in [3.63, 3.8) is 0 Å². The Bertz CT molecular complexity index is 671. The van der Waals surface area contributed by atoms with Crippen LogP contribution in [0.2, 0.25) is 0 Å². The zero-order valence-corrected chi connectivity index (χ0v) is 15.8. The normalized spacial score (nSPS) is 10.9. The van der Waals surface area contributed by atoms with Crippen molar-refractivity contribution in [2.24, 2.45) is 0 Å². The van der Waals surface area contributed by atoms with Crippen LogP contribution in [-0.4, -0.2) is 49.1 Å². The first-order valence-electron chi connectivity index (χ1n) is 8.14. The van der Waals surface area contributed by atoms with Crippen LogP contribution in [0.5, 0.6) is 0 Å². The van der Waals surface area contributed by atoms with Gasteiger partial charge in [-0.2, -0.15) is 0 Å². The maximum absolute atomic E-state index is 13.1. The minimum absolute atomic E-state index is 0.106. The van der Waals surface area contributed by atoms with Crippen LogP contribution in [0.3, 0.4) is 0 Å². The van der Waals surface area contributed by atoms with E-state index in [0.29, 0.717) is 13.1 Å². The lowest BCUT2D eigenvalue weighted by Crippen LogP contribution is -2.36. The van der Waals surface area contributed by atoms with Crippen LogP contribution in [0, 0.1) is 6.92 Å². The molecule has 2 aromatic rings. The van der Waals surface area contributed by atoms with E-state index in [9.17, 15) is 4.79 Å². The molecule has 0 saturated carbocycles. The Hall–Kier alpha value is -1.78. The summed E-state index contributed by atoms with van der Waals surface area (Å²) in [6.45, 7) is 4.20. The third-order valence-corrected chi connectivity index (χ3v) is 4.72. The molecule has 2 aromatic carbocycles. The summed E-state index contributed by atoms with van der Waals surface area (Å²) in [6.07, 6.45) is 2.03. The number of carbonyl (C=O) groups is 1. The smallest absolute Gasteiger partial charge is 0.254 e. The Morgan fingerprint density at radius 2 is 1.75 bits per heavy atom. The highest BCUT2D eigenvalue weighted by molar-refractivity contribution is 7.98. The maximum atomic E-state index is 13.1. The molecule has 0 unspecified atom stereocenters. The highest BCUT2D eigenvalue weighted by Gasteiger charge is 2.18. The van der Waals surface area contributed by atoms with Crippen LogP contribution in [0.4, 0.5) is 0 Å². The zero-order valence-electron chi connectivity index (χ0n) is 15.0. The number of rotatable bonds is 7. The van der Waals surface area contributed by atoms with Gasteiger partial charge in [0.2, 0.25) is 0 Å². The molecule has 0 spiro atoms. The Morgan fingerprint density at radius 1 is 1.04 bits per heavy atom. The molecule has 3 nitrogen and oxygen atoms in total. The number of benzene rings is 2. The second kappa shape index (κ2) is 8.90. The predicted octanol–water partition coefficient (Wildman–Crippen LogP) is 3.92. The van der Waals surface area contributed by atoms with Crippen molar-refractivity contribution < 1.29 is 4.79 Å². The summed E-state index contributed by atoms with van der Waals surface area (Å²) in [5, 5.41) is 0. The van der Waals surface area contributed by atoms with Gasteiger partial charge in [-0.05, 0) is 50.5 Å². The molecule has 2 rings (SSSR count). The molecule has 0 aliphatic heterocycles. The summed E-state index contributed by atoms with van der Waals surface area (Å²) in [4.78, 5) is 18.3. The van der Waals surface area contributed by atoms with E-state index in [1.165, 1.54) is 0 Å². The zero-order chi connectivity index (χ0) is 17.5. The van der Waals surface area contributed by atoms with Crippen LogP contribution in [-0.2, 0) is 6.54 Å². The molecule has 1 amide bonds. The van der Waals surface area contributed by atoms with Crippen LogP contribution in [0.25, 0.3) is 0 Å². The topological polar surface area (TPSA) is 23.6 Å². The van der Waals surface area contributed by atoms with E-state index in [4.69, 9.17) is 0 Å². The van der Waals surface area contributed by atoms with E-state index in [0.717, 1.165) is 28.1 Å². The SMILES string of the molecule is CSc1ccc(C)c(C(=O)N(CCN(C)C)Cc2ccccc2)c1. The fourth-order valence-electron chi connectivity index (χ4n) is 2.51. The molecule has 0 aliphatic carbocycles. The predicted molar refractivity (Wildman–Crippen MR) is 103 cm³/mol. The molecule has 0 heterocycles. The summed E-state index contributed by atoms with van der Waals surface area (Å²) >= 11 is 1.66.